The van der Waals surface area contributed by atoms with Crippen molar-refractivity contribution in [2.45, 2.75) is 19.0 Å². The van der Waals surface area contributed by atoms with Crippen molar-refractivity contribution in [2.24, 2.45) is 0 Å². The molecule has 0 radical (unpaired) electrons. The molecular weight excluding hydrogens is 344 g/mol. The van der Waals surface area contributed by atoms with Gasteiger partial charge >= 0.3 is 0 Å². The first kappa shape index (κ1) is 18.8. The molecule has 1 atom stereocenters. The van der Waals surface area contributed by atoms with Gasteiger partial charge in [-0.25, -0.2) is 0 Å². The number of amides is 2. The molecule has 0 aliphatic carbocycles. The van der Waals surface area contributed by atoms with Crippen LogP contribution in [0.15, 0.2) is 48.8 Å². The lowest BCUT2D eigenvalue weighted by molar-refractivity contribution is -0.122. The van der Waals surface area contributed by atoms with Crippen LogP contribution in [-0.2, 0) is 16.1 Å². The topological polar surface area (TPSA) is 74.8 Å². The molecule has 1 fully saturated rings. The zero-order valence-electron chi connectivity index (χ0n) is 15.6. The summed E-state index contributed by atoms with van der Waals surface area (Å²) in [4.78, 5) is 32.4. The average molecular weight is 368 g/mol. The molecule has 0 bridgehead atoms. The Morgan fingerprint density at radius 1 is 1.37 bits per heavy atom. The molecule has 7 heteroatoms. The molecule has 1 saturated heterocycles. The Labute approximate surface area is 158 Å². The number of aromatic nitrogens is 1. The van der Waals surface area contributed by atoms with Crippen LogP contribution in [0.1, 0.15) is 12.0 Å². The Morgan fingerprint density at radius 3 is 2.96 bits per heavy atom. The van der Waals surface area contributed by atoms with Crippen molar-refractivity contribution in [3.63, 3.8) is 0 Å². The number of ether oxygens (including phenoxy) is 1. The second-order valence-electron chi connectivity index (χ2n) is 6.71. The fourth-order valence-electron chi connectivity index (χ4n) is 3.21. The van der Waals surface area contributed by atoms with Crippen LogP contribution in [0.3, 0.4) is 0 Å². The summed E-state index contributed by atoms with van der Waals surface area (Å²) < 4.78 is 5.22. The molecule has 7 nitrogen and oxygen atoms in total. The third kappa shape index (κ3) is 5.04. The maximum Gasteiger partial charge on any atom is 0.234 e. The van der Waals surface area contributed by atoms with E-state index >= 15 is 0 Å². The van der Waals surface area contributed by atoms with E-state index in [-0.39, 0.29) is 24.4 Å². The molecule has 1 aromatic carbocycles. The minimum absolute atomic E-state index is 0.00253. The number of nitrogens with zero attached hydrogens (tertiary/aromatic N) is 3. The van der Waals surface area contributed by atoms with E-state index in [1.54, 1.807) is 24.4 Å². The fourth-order valence-corrected chi connectivity index (χ4v) is 3.21. The number of pyridine rings is 1. The van der Waals surface area contributed by atoms with Gasteiger partial charge < -0.3 is 15.0 Å². The predicted octanol–water partition coefficient (Wildman–Crippen LogP) is 1.44. The minimum atomic E-state index is -0.192. The van der Waals surface area contributed by atoms with E-state index < -0.39 is 0 Å². The average Bonchev–Trinajstić information content (AvgIpc) is 3.02. The summed E-state index contributed by atoms with van der Waals surface area (Å²) in [7, 11) is 3.48. The van der Waals surface area contributed by atoms with E-state index in [9.17, 15) is 9.59 Å². The molecule has 1 aliphatic heterocycles. The van der Waals surface area contributed by atoms with Crippen molar-refractivity contribution >= 4 is 17.5 Å². The maximum atomic E-state index is 12.3. The van der Waals surface area contributed by atoms with E-state index in [0.717, 1.165) is 11.3 Å². The minimum Gasteiger partial charge on any atom is -0.497 e. The van der Waals surface area contributed by atoms with Crippen molar-refractivity contribution in [3.05, 3.63) is 54.4 Å². The molecule has 0 spiro atoms. The molecular formula is C20H24N4O3. The number of anilines is 1. The van der Waals surface area contributed by atoms with Gasteiger partial charge in [0.25, 0.3) is 0 Å². The zero-order valence-corrected chi connectivity index (χ0v) is 15.6. The van der Waals surface area contributed by atoms with Gasteiger partial charge in [-0.1, -0.05) is 12.1 Å². The standard InChI is InChI=1S/C20H24N4O3/c1-23(12-15-5-4-8-21-11-15)14-19(25)22-16-9-20(26)24(13-16)17-6-3-7-18(10-17)27-2/h3-8,10-11,16H,9,12-14H2,1-2H3,(H,22,25)/t16-/m0/s1. The molecule has 0 saturated carbocycles. The highest BCUT2D eigenvalue weighted by Gasteiger charge is 2.31. The van der Waals surface area contributed by atoms with Crippen molar-refractivity contribution in [1.29, 1.82) is 0 Å². The first-order valence-electron chi connectivity index (χ1n) is 8.86. The number of hydrogen-bond acceptors (Lipinski definition) is 5. The van der Waals surface area contributed by atoms with Gasteiger partial charge in [0.2, 0.25) is 11.8 Å². The second kappa shape index (κ2) is 8.64. The van der Waals surface area contributed by atoms with Crippen LogP contribution in [0.25, 0.3) is 0 Å². The summed E-state index contributed by atoms with van der Waals surface area (Å²) in [6.07, 6.45) is 3.81. The lowest BCUT2D eigenvalue weighted by Gasteiger charge is -2.19. The highest BCUT2D eigenvalue weighted by molar-refractivity contribution is 5.97. The van der Waals surface area contributed by atoms with Crippen LogP contribution in [-0.4, -0.2) is 55.0 Å². The number of rotatable bonds is 7. The summed E-state index contributed by atoms with van der Waals surface area (Å²) in [6.45, 7) is 1.36. The van der Waals surface area contributed by atoms with Gasteiger partial charge in [0, 0.05) is 43.7 Å². The van der Waals surface area contributed by atoms with Crippen LogP contribution in [0.4, 0.5) is 5.69 Å². The number of hydrogen-bond donors (Lipinski definition) is 1. The zero-order chi connectivity index (χ0) is 19.2. The molecule has 2 aromatic rings. The Hall–Kier alpha value is -2.93. The predicted molar refractivity (Wildman–Crippen MR) is 102 cm³/mol. The van der Waals surface area contributed by atoms with Crippen molar-refractivity contribution < 1.29 is 14.3 Å². The van der Waals surface area contributed by atoms with E-state index in [2.05, 4.69) is 10.3 Å². The molecule has 142 valence electrons. The molecule has 27 heavy (non-hydrogen) atoms. The highest BCUT2D eigenvalue weighted by Crippen LogP contribution is 2.25. The van der Waals surface area contributed by atoms with Crippen LogP contribution in [0.5, 0.6) is 5.75 Å². The van der Waals surface area contributed by atoms with Gasteiger partial charge in [-0.15, -0.1) is 0 Å². The van der Waals surface area contributed by atoms with Gasteiger partial charge in [0.1, 0.15) is 5.75 Å². The summed E-state index contributed by atoms with van der Waals surface area (Å²) in [5, 5.41) is 2.96. The molecule has 1 N–H and O–H groups in total. The van der Waals surface area contributed by atoms with E-state index in [4.69, 9.17) is 4.74 Å². The number of carbonyl (C=O) groups excluding carboxylic acids is 2. The third-order valence-corrected chi connectivity index (χ3v) is 4.44. The number of methoxy groups -OCH3 is 1. The van der Waals surface area contributed by atoms with E-state index in [0.29, 0.717) is 25.3 Å². The van der Waals surface area contributed by atoms with Crippen LogP contribution in [0, 0.1) is 0 Å². The summed E-state index contributed by atoms with van der Waals surface area (Å²) >= 11 is 0. The van der Waals surface area contributed by atoms with Crippen LogP contribution in [0.2, 0.25) is 0 Å². The Kier molecular flexibility index (Phi) is 6.03. The van der Waals surface area contributed by atoms with E-state index in [1.165, 1.54) is 0 Å². The first-order chi connectivity index (χ1) is 13.0. The molecule has 3 rings (SSSR count). The lowest BCUT2D eigenvalue weighted by Crippen LogP contribution is -2.42. The largest absolute Gasteiger partial charge is 0.497 e. The Bertz CT molecular complexity index is 797. The van der Waals surface area contributed by atoms with E-state index in [1.807, 2.05) is 48.3 Å². The second-order valence-corrected chi connectivity index (χ2v) is 6.71. The lowest BCUT2D eigenvalue weighted by atomic mass is 10.2. The SMILES string of the molecule is COc1cccc(N2C[C@@H](NC(=O)CN(C)Cc3cccnc3)CC2=O)c1. The summed E-state index contributed by atoms with van der Waals surface area (Å²) in [5.41, 5.74) is 1.83. The molecule has 2 amide bonds. The van der Waals surface area contributed by atoms with Gasteiger partial charge in [0.15, 0.2) is 0 Å². The Balaban J connectivity index is 1.52. The fraction of sp³-hybridized carbons (Fsp3) is 0.350. The molecule has 1 aromatic heterocycles. The van der Waals surface area contributed by atoms with Crippen molar-refractivity contribution in [2.75, 3.05) is 32.1 Å². The maximum absolute atomic E-state index is 12.3. The normalized spacial score (nSPS) is 16.6. The number of carbonyl (C=O) groups is 2. The third-order valence-electron chi connectivity index (χ3n) is 4.44. The highest BCUT2D eigenvalue weighted by atomic mass is 16.5. The van der Waals surface area contributed by atoms with Gasteiger partial charge in [0.05, 0.1) is 19.7 Å². The quantitative estimate of drug-likeness (QED) is 0.801. The van der Waals surface area contributed by atoms with Gasteiger partial charge in [-0.05, 0) is 30.8 Å². The van der Waals surface area contributed by atoms with Crippen molar-refractivity contribution in [1.82, 2.24) is 15.2 Å². The van der Waals surface area contributed by atoms with Crippen LogP contribution < -0.4 is 15.0 Å². The van der Waals surface area contributed by atoms with Crippen LogP contribution >= 0.6 is 0 Å². The van der Waals surface area contributed by atoms with Crippen molar-refractivity contribution in [3.8, 4) is 5.75 Å². The first-order valence-corrected chi connectivity index (χ1v) is 8.86. The monoisotopic (exact) mass is 368 g/mol. The molecule has 2 heterocycles. The number of likely N-dealkylation sites (N-methyl/N-ethyl adjacent to an activating group) is 1. The molecule has 1 aliphatic rings. The Morgan fingerprint density at radius 2 is 2.22 bits per heavy atom. The summed E-state index contributed by atoms with van der Waals surface area (Å²) in [6, 6.07) is 11.0. The summed E-state index contributed by atoms with van der Waals surface area (Å²) in [5.74, 6) is 0.605. The van der Waals surface area contributed by atoms with Gasteiger partial charge in [-0.2, -0.15) is 0 Å². The van der Waals surface area contributed by atoms with Gasteiger partial charge in [-0.3, -0.25) is 19.5 Å². The smallest absolute Gasteiger partial charge is 0.234 e. The number of benzene rings is 1. The molecule has 0 unspecified atom stereocenters. The number of nitrogens with one attached hydrogen (secondary N) is 1.